The first kappa shape index (κ1) is 20.2. The Morgan fingerprint density at radius 1 is 1.42 bits per heavy atom. The van der Waals surface area contributed by atoms with Crippen molar-refractivity contribution in [2.24, 2.45) is 16.6 Å². The zero-order chi connectivity index (χ0) is 18.9. The average Bonchev–Trinajstić information content (AvgIpc) is 2.63. The van der Waals surface area contributed by atoms with Crippen molar-refractivity contribution in [2.45, 2.75) is 25.8 Å². The first-order valence-corrected chi connectivity index (χ1v) is 9.17. The van der Waals surface area contributed by atoms with Crippen LogP contribution in [0, 0.1) is 11.7 Å². The summed E-state index contributed by atoms with van der Waals surface area (Å²) < 4.78 is 13.0. The molecule has 1 aromatic carbocycles. The number of rotatable bonds is 7. The van der Waals surface area contributed by atoms with E-state index in [2.05, 4.69) is 15.2 Å². The Labute approximate surface area is 155 Å². The van der Waals surface area contributed by atoms with Crippen molar-refractivity contribution < 1.29 is 9.18 Å². The number of guanidine groups is 1. The quantitative estimate of drug-likeness (QED) is 0.437. The fourth-order valence-corrected chi connectivity index (χ4v) is 3.32. The molecule has 1 aliphatic rings. The van der Waals surface area contributed by atoms with Gasteiger partial charge in [-0.3, -0.25) is 9.79 Å². The largest absolute Gasteiger partial charge is 0.369 e. The fourth-order valence-electron chi connectivity index (χ4n) is 3.32. The van der Waals surface area contributed by atoms with E-state index in [0.717, 1.165) is 57.0 Å². The molecule has 0 bridgehead atoms. The molecule has 3 N–H and O–H groups in total. The van der Waals surface area contributed by atoms with Crippen LogP contribution in [-0.4, -0.2) is 61.9 Å². The highest BCUT2D eigenvalue weighted by Gasteiger charge is 2.23. The van der Waals surface area contributed by atoms with Crippen LogP contribution in [0.5, 0.6) is 0 Å². The highest BCUT2D eigenvalue weighted by atomic mass is 19.1. The summed E-state index contributed by atoms with van der Waals surface area (Å²) in [5.41, 5.74) is 6.46. The second-order valence-corrected chi connectivity index (χ2v) is 6.85. The molecule has 0 aromatic heterocycles. The SMILES string of the molecule is CN=C(NCCCN1CCCC(C(N)=O)C1)N(C)Cc1ccc(F)cc1. The van der Waals surface area contributed by atoms with Crippen LogP contribution in [0.15, 0.2) is 29.3 Å². The molecular formula is C19H30FN5O. The minimum atomic E-state index is -0.227. The molecule has 1 saturated heterocycles. The lowest BCUT2D eigenvalue weighted by molar-refractivity contribution is -0.123. The molecule has 1 fully saturated rings. The second-order valence-electron chi connectivity index (χ2n) is 6.85. The maximum atomic E-state index is 13.0. The number of carbonyl (C=O) groups is 1. The van der Waals surface area contributed by atoms with Crippen molar-refractivity contribution in [3.05, 3.63) is 35.6 Å². The Morgan fingerprint density at radius 3 is 2.81 bits per heavy atom. The Kier molecular flexibility index (Phi) is 7.84. The fraction of sp³-hybridized carbons (Fsp3) is 0.579. The van der Waals surface area contributed by atoms with Crippen LogP contribution in [0.4, 0.5) is 4.39 Å². The maximum absolute atomic E-state index is 13.0. The molecule has 2 rings (SSSR count). The molecule has 1 aromatic rings. The summed E-state index contributed by atoms with van der Waals surface area (Å²) in [5.74, 6) is 0.389. The maximum Gasteiger partial charge on any atom is 0.221 e. The van der Waals surface area contributed by atoms with Crippen molar-refractivity contribution in [1.29, 1.82) is 0 Å². The van der Waals surface area contributed by atoms with Crippen LogP contribution in [0.1, 0.15) is 24.8 Å². The number of halogens is 1. The zero-order valence-corrected chi connectivity index (χ0v) is 15.7. The Hall–Kier alpha value is -2.15. The van der Waals surface area contributed by atoms with E-state index >= 15 is 0 Å². The molecule has 1 aliphatic heterocycles. The summed E-state index contributed by atoms with van der Waals surface area (Å²) in [5, 5.41) is 3.36. The monoisotopic (exact) mass is 363 g/mol. The van der Waals surface area contributed by atoms with Gasteiger partial charge in [0.2, 0.25) is 5.91 Å². The highest BCUT2D eigenvalue weighted by Crippen LogP contribution is 2.15. The van der Waals surface area contributed by atoms with Crippen molar-refractivity contribution in [1.82, 2.24) is 15.1 Å². The number of likely N-dealkylation sites (tertiary alicyclic amines) is 1. The molecule has 6 nitrogen and oxygen atoms in total. The van der Waals surface area contributed by atoms with Crippen LogP contribution in [0.3, 0.4) is 0 Å². The van der Waals surface area contributed by atoms with E-state index in [9.17, 15) is 9.18 Å². The zero-order valence-electron chi connectivity index (χ0n) is 15.7. The highest BCUT2D eigenvalue weighted by molar-refractivity contribution is 5.79. The van der Waals surface area contributed by atoms with Gasteiger partial charge in [0.25, 0.3) is 0 Å². The number of carbonyl (C=O) groups excluding carboxylic acids is 1. The molecule has 1 atom stereocenters. The van der Waals surface area contributed by atoms with Gasteiger partial charge in [-0.05, 0) is 50.0 Å². The van der Waals surface area contributed by atoms with Crippen LogP contribution in [-0.2, 0) is 11.3 Å². The molecule has 0 spiro atoms. The third kappa shape index (κ3) is 6.29. The summed E-state index contributed by atoms with van der Waals surface area (Å²) in [6, 6.07) is 6.50. The summed E-state index contributed by atoms with van der Waals surface area (Å²) in [4.78, 5) is 20.0. The third-order valence-electron chi connectivity index (χ3n) is 4.75. The number of hydrogen-bond acceptors (Lipinski definition) is 3. The number of nitrogens with zero attached hydrogens (tertiary/aromatic N) is 3. The van der Waals surface area contributed by atoms with Gasteiger partial charge in [-0.15, -0.1) is 0 Å². The van der Waals surface area contributed by atoms with Gasteiger partial charge in [-0.1, -0.05) is 12.1 Å². The number of amides is 1. The number of nitrogens with two attached hydrogens (primary N) is 1. The van der Waals surface area contributed by atoms with Gasteiger partial charge in [0.15, 0.2) is 5.96 Å². The molecule has 26 heavy (non-hydrogen) atoms. The first-order valence-electron chi connectivity index (χ1n) is 9.17. The van der Waals surface area contributed by atoms with Crippen LogP contribution >= 0.6 is 0 Å². The van der Waals surface area contributed by atoms with E-state index in [1.165, 1.54) is 12.1 Å². The van der Waals surface area contributed by atoms with Crippen LogP contribution in [0.25, 0.3) is 0 Å². The summed E-state index contributed by atoms with van der Waals surface area (Å²) in [6.07, 6.45) is 2.91. The van der Waals surface area contributed by atoms with Crippen molar-refractivity contribution in [3.8, 4) is 0 Å². The lowest BCUT2D eigenvalue weighted by Crippen LogP contribution is -2.43. The molecule has 144 valence electrons. The number of aliphatic imine (C=N–C) groups is 1. The van der Waals surface area contributed by atoms with Gasteiger partial charge in [-0.2, -0.15) is 0 Å². The Bertz CT molecular complexity index is 604. The van der Waals surface area contributed by atoms with Gasteiger partial charge in [0.05, 0.1) is 5.92 Å². The van der Waals surface area contributed by atoms with Crippen molar-refractivity contribution in [3.63, 3.8) is 0 Å². The van der Waals surface area contributed by atoms with E-state index in [-0.39, 0.29) is 17.6 Å². The molecule has 0 radical (unpaired) electrons. The third-order valence-corrected chi connectivity index (χ3v) is 4.75. The predicted octanol–water partition coefficient (Wildman–Crippen LogP) is 1.42. The van der Waals surface area contributed by atoms with Crippen LogP contribution < -0.4 is 11.1 Å². The Balaban J connectivity index is 1.71. The lowest BCUT2D eigenvalue weighted by Gasteiger charge is -2.31. The minimum Gasteiger partial charge on any atom is -0.369 e. The van der Waals surface area contributed by atoms with E-state index in [1.54, 1.807) is 19.2 Å². The van der Waals surface area contributed by atoms with Gasteiger partial charge in [-0.25, -0.2) is 4.39 Å². The molecule has 0 saturated carbocycles. The Morgan fingerprint density at radius 2 is 2.15 bits per heavy atom. The van der Waals surface area contributed by atoms with E-state index in [4.69, 9.17) is 5.73 Å². The first-order chi connectivity index (χ1) is 12.5. The smallest absolute Gasteiger partial charge is 0.221 e. The summed E-state index contributed by atoms with van der Waals surface area (Å²) in [7, 11) is 3.71. The van der Waals surface area contributed by atoms with Gasteiger partial charge in [0, 0.05) is 33.7 Å². The van der Waals surface area contributed by atoms with E-state index in [1.807, 2.05) is 11.9 Å². The second kappa shape index (κ2) is 10.1. The molecule has 1 unspecified atom stereocenters. The lowest BCUT2D eigenvalue weighted by atomic mass is 9.97. The van der Waals surface area contributed by atoms with Gasteiger partial charge < -0.3 is 20.9 Å². The minimum absolute atomic E-state index is 0.00804. The number of piperidine rings is 1. The van der Waals surface area contributed by atoms with Gasteiger partial charge in [0.1, 0.15) is 5.82 Å². The van der Waals surface area contributed by atoms with Crippen LogP contribution in [0.2, 0.25) is 0 Å². The van der Waals surface area contributed by atoms with E-state index in [0.29, 0.717) is 6.54 Å². The molecule has 7 heteroatoms. The van der Waals surface area contributed by atoms with Crippen molar-refractivity contribution >= 4 is 11.9 Å². The molecule has 0 aliphatic carbocycles. The number of nitrogens with one attached hydrogen (secondary N) is 1. The number of primary amides is 1. The molecular weight excluding hydrogens is 333 g/mol. The topological polar surface area (TPSA) is 74.0 Å². The van der Waals surface area contributed by atoms with E-state index < -0.39 is 0 Å². The number of benzene rings is 1. The predicted molar refractivity (Wildman–Crippen MR) is 102 cm³/mol. The average molecular weight is 363 g/mol. The summed E-state index contributed by atoms with van der Waals surface area (Å²) in [6.45, 7) is 4.21. The normalized spacial score (nSPS) is 18.6. The molecule has 1 heterocycles. The molecule has 1 amide bonds. The number of hydrogen-bond donors (Lipinski definition) is 2. The standard InChI is InChI=1S/C19H30FN5O/c1-22-19(24(2)13-15-6-8-17(20)9-7-15)23-10-4-12-25-11-3-5-16(14-25)18(21)26/h6-9,16H,3-5,10-14H2,1-2H3,(H2,21,26)(H,22,23). The van der Waals surface area contributed by atoms with Gasteiger partial charge >= 0.3 is 0 Å². The van der Waals surface area contributed by atoms with Crippen molar-refractivity contribution in [2.75, 3.05) is 40.3 Å². The summed E-state index contributed by atoms with van der Waals surface area (Å²) >= 11 is 0.